The molecule has 6 nitrogen and oxygen atoms in total. The molecule has 0 saturated heterocycles. The van der Waals surface area contributed by atoms with Crippen molar-refractivity contribution in [1.29, 1.82) is 0 Å². The Labute approximate surface area is 138 Å². The highest BCUT2D eigenvalue weighted by Gasteiger charge is 2.17. The van der Waals surface area contributed by atoms with Crippen LogP contribution in [0.5, 0.6) is 0 Å². The second-order valence-corrected chi connectivity index (χ2v) is 5.20. The van der Waals surface area contributed by atoms with E-state index in [0.717, 1.165) is 5.56 Å². The third-order valence-corrected chi connectivity index (χ3v) is 3.53. The maximum Gasteiger partial charge on any atom is 0.275 e. The van der Waals surface area contributed by atoms with Crippen LogP contribution in [0, 0.1) is 5.82 Å². The molecule has 0 aliphatic rings. The van der Waals surface area contributed by atoms with Crippen LogP contribution in [0.15, 0.2) is 54.6 Å². The van der Waals surface area contributed by atoms with Gasteiger partial charge in [0.1, 0.15) is 5.82 Å². The molecule has 0 aliphatic carbocycles. The molecule has 0 atom stereocenters. The molecule has 2 aromatic carbocycles. The Morgan fingerprint density at radius 2 is 1.83 bits per heavy atom. The summed E-state index contributed by atoms with van der Waals surface area (Å²) in [5, 5.41) is 10.5. The number of benzene rings is 2. The lowest BCUT2D eigenvalue weighted by Crippen LogP contribution is -2.27. The van der Waals surface area contributed by atoms with Crippen LogP contribution in [0.25, 0.3) is 5.69 Å². The third kappa shape index (κ3) is 3.40. The fraction of sp³-hybridized carbons (Fsp3) is 0.118. The van der Waals surface area contributed by atoms with Crippen LogP contribution in [-0.4, -0.2) is 27.4 Å². The van der Waals surface area contributed by atoms with Crippen molar-refractivity contribution < 1.29 is 9.18 Å². The minimum absolute atomic E-state index is 0.0485. The van der Waals surface area contributed by atoms with Crippen molar-refractivity contribution in [2.75, 3.05) is 12.3 Å². The van der Waals surface area contributed by atoms with Crippen LogP contribution in [0.4, 0.5) is 10.2 Å². The van der Waals surface area contributed by atoms with E-state index in [-0.39, 0.29) is 17.3 Å². The molecule has 0 fully saturated rings. The van der Waals surface area contributed by atoms with Gasteiger partial charge in [0.2, 0.25) is 0 Å². The number of nitrogens with zero attached hydrogens (tertiary/aromatic N) is 3. The summed E-state index contributed by atoms with van der Waals surface area (Å²) in [6.45, 7) is 0.464. The van der Waals surface area contributed by atoms with Gasteiger partial charge in [-0.15, -0.1) is 5.10 Å². The van der Waals surface area contributed by atoms with Crippen LogP contribution in [0.3, 0.4) is 0 Å². The largest absolute Gasteiger partial charge is 0.382 e. The molecule has 7 heteroatoms. The van der Waals surface area contributed by atoms with E-state index in [9.17, 15) is 9.18 Å². The van der Waals surface area contributed by atoms with Crippen LogP contribution in [0.1, 0.15) is 16.1 Å². The van der Waals surface area contributed by atoms with E-state index in [2.05, 4.69) is 15.6 Å². The molecule has 0 spiro atoms. The number of aromatic nitrogens is 3. The lowest BCUT2D eigenvalue weighted by Gasteiger charge is -2.05. The normalized spacial score (nSPS) is 10.5. The first-order chi connectivity index (χ1) is 11.6. The summed E-state index contributed by atoms with van der Waals surface area (Å²) >= 11 is 0. The summed E-state index contributed by atoms with van der Waals surface area (Å²) in [6.07, 6.45) is 0.707. The molecule has 3 N–H and O–H groups in total. The molecule has 0 radical (unpaired) electrons. The summed E-state index contributed by atoms with van der Waals surface area (Å²) in [7, 11) is 0. The molecule has 1 amide bonds. The van der Waals surface area contributed by atoms with Crippen LogP contribution < -0.4 is 11.1 Å². The van der Waals surface area contributed by atoms with Gasteiger partial charge in [0.25, 0.3) is 5.91 Å². The highest BCUT2D eigenvalue weighted by molar-refractivity contribution is 5.96. The summed E-state index contributed by atoms with van der Waals surface area (Å²) in [5.74, 6) is -0.646. The molecule has 0 saturated carbocycles. The SMILES string of the molecule is Nc1c(C(=O)NCCc2ccccc2)nnn1-c1ccc(F)cc1. The lowest BCUT2D eigenvalue weighted by atomic mass is 10.1. The first-order valence-electron chi connectivity index (χ1n) is 7.44. The molecule has 3 rings (SSSR count). The topological polar surface area (TPSA) is 85.8 Å². The summed E-state index contributed by atoms with van der Waals surface area (Å²) in [6, 6.07) is 15.4. The molecule has 24 heavy (non-hydrogen) atoms. The van der Waals surface area contributed by atoms with E-state index < -0.39 is 5.91 Å². The van der Waals surface area contributed by atoms with Crippen molar-refractivity contribution in [3.8, 4) is 5.69 Å². The van der Waals surface area contributed by atoms with E-state index in [1.54, 1.807) is 0 Å². The van der Waals surface area contributed by atoms with Crippen molar-refractivity contribution in [2.45, 2.75) is 6.42 Å². The fourth-order valence-corrected chi connectivity index (χ4v) is 2.27. The van der Waals surface area contributed by atoms with Crippen molar-refractivity contribution >= 4 is 11.7 Å². The zero-order valence-electron chi connectivity index (χ0n) is 12.8. The van der Waals surface area contributed by atoms with E-state index in [4.69, 9.17) is 5.73 Å². The summed E-state index contributed by atoms with van der Waals surface area (Å²) in [5.41, 5.74) is 7.65. The average molecular weight is 325 g/mol. The zero-order chi connectivity index (χ0) is 16.9. The highest BCUT2D eigenvalue weighted by atomic mass is 19.1. The van der Waals surface area contributed by atoms with Crippen molar-refractivity contribution in [1.82, 2.24) is 20.3 Å². The quantitative estimate of drug-likeness (QED) is 0.751. The van der Waals surface area contributed by atoms with Crippen molar-refractivity contribution in [3.63, 3.8) is 0 Å². The van der Waals surface area contributed by atoms with Gasteiger partial charge >= 0.3 is 0 Å². The van der Waals surface area contributed by atoms with Crippen LogP contribution >= 0.6 is 0 Å². The second kappa shape index (κ2) is 6.91. The van der Waals surface area contributed by atoms with Gasteiger partial charge in [0, 0.05) is 6.54 Å². The Morgan fingerprint density at radius 1 is 1.12 bits per heavy atom. The molecule has 0 aliphatic heterocycles. The molecule has 122 valence electrons. The van der Waals surface area contributed by atoms with Gasteiger partial charge in [0.05, 0.1) is 5.69 Å². The summed E-state index contributed by atoms with van der Waals surface area (Å²) < 4.78 is 14.3. The van der Waals surface area contributed by atoms with E-state index in [0.29, 0.717) is 18.7 Å². The van der Waals surface area contributed by atoms with Crippen LogP contribution in [0.2, 0.25) is 0 Å². The predicted octanol–water partition coefficient (Wildman–Crippen LogP) is 1.96. The minimum Gasteiger partial charge on any atom is -0.382 e. The first kappa shape index (κ1) is 15.7. The highest BCUT2D eigenvalue weighted by Crippen LogP contribution is 2.15. The van der Waals surface area contributed by atoms with Gasteiger partial charge in [0.15, 0.2) is 11.5 Å². The Hall–Kier alpha value is -3.22. The first-order valence-corrected chi connectivity index (χ1v) is 7.44. The fourth-order valence-electron chi connectivity index (χ4n) is 2.27. The van der Waals surface area contributed by atoms with E-state index in [1.165, 1.54) is 28.9 Å². The lowest BCUT2D eigenvalue weighted by molar-refractivity contribution is 0.0950. The van der Waals surface area contributed by atoms with Gasteiger partial charge in [-0.25, -0.2) is 4.39 Å². The van der Waals surface area contributed by atoms with E-state index >= 15 is 0 Å². The minimum atomic E-state index is -0.392. The molecule has 3 aromatic rings. The van der Waals surface area contributed by atoms with Gasteiger partial charge in [-0.1, -0.05) is 35.5 Å². The van der Waals surface area contributed by atoms with Gasteiger partial charge < -0.3 is 11.1 Å². The van der Waals surface area contributed by atoms with Gasteiger partial charge in [-0.2, -0.15) is 4.68 Å². The molecule has 0 unspecified atom stereocenters. The maximum atomic E-state index is 13.0. The second-order valence-electron chi connectivity index (χ2n) is 5.20. The van der Waals surface area contributed by atoms with Crippen molar-refractivity contribution in [2.24, 2.45) is 0 Å². The van der Waals surface area contributed by atoms with Crippen molar-refractivity contribution in [3.05, 3.63) is 71.7 Å². The predicted molar refractivity (Wildman–Crippen MR) is 88.2 cm³/mol. The summed E-state index contributed by atoms with van der Waals surface area (Å²) in [4.78, 5) is 12.2. The number of hydrogen-bond acceptors (Lipinski definition) is 4. The molecular formula is C17H16FN5O. The number of rotatable bonds is 5. The number of carbonyl (C=O) groups is 1. The number of amides is 1. The maximum absolute atomic E-state index is 13.0. The number of nitrogens with one attached hydrogen (secondary N) is 1. The number of nitrogen functional groups attached to an aromatic ring is 1. The van der Waals surface area contributed by atoms with E-state index in [1.807, 2.05) is 30.3 Å². The molecule has 0 bridgehead atoms. The number of carbonyl (C=O) groups excluding carboxylic acids is 1. The Kier molecular flexibility index (Phi) is 4.51. The Balaban J connectivity index is 1.66. The smallest absolute Gasteiger partial charge is 0.275 e. The third-order valence-electron chi connectivity index (χ3n) is 3.53. The number of hydrogen-bond donors (Lipinski definition) is 2. The van der Waals surface area contributed by atoms with Gasteiger partial charge in [-0.3, -0.25) is 4.79 Å². The Bertz CT molecular complexity index is 830. The molecule has 1 heterocycles. The zero-order valence-corrected chi connectivity index (χ0v) is 12.8. The average Bonchev–Trinajstić information content (AvgIpc) is 2.98. The monoisotopic (exact) mass is 325 g/mol. The number of anilines is 1. The molecular weight excluding hydrogens is 309 g/mol. The van der Waals surface area contributed by atoms with Crippen LogP contribution in [-0.2, 0) is 6.42 Å². The number of halogens is 1. The van der Waals surface area contributed by atoms with Gasteiger partial charge in [-0.05, 0) is 36.2 Å². The number of nitrogens with two attached hydrogens (primary N) is 1. The Morgan fingerprint density at radius 3 is 2.54 bits per heavy atom. The standard InChI is InChI=1S/C17H16FN5O/c18-13-6-8-14(9-7-13)23-16(19)15(21-22-23)17(24)20-11-10-12-4-2-1-3-5-12/h1-9H,10-11,19H2,(H,20,24). The molecule has 1 aromatic heterocycles.